The molecule has 11 aromatic rings. The number of fused-ring (bicyclic) bond motifs is 6. The van der Waals surface area contributed by atoms with Crippen LogP contribution in [-0.2, 0) is 0 Å². The van der Waals surface area contributed by atoms with Crippen LogP contribution in [0.4, 0.5) is 0 Å². The molecule has 0 aliphatic rings. The third-order valence-corrected chi connectivity index (χ3v) is 11.0. The fraction of sp³-hybridized carbons (Fsp3) is 0. The summed E-state index contributed by atoms with van der Waals surface area (Å²) in [6, 6.07) is 73.2. The Morgan fingerprint density at radius 1 is 0.286 bits per heavy atom. The van der Waals surface area contributed by atoms with Gasteiger partial charge in [0.05, 0.1) is 33.5 Å². The molecule has 0 aliphatic heterocycles. The fourth-order valence-electron chi connectivity index (χ4n) is 8.38. The molecule has 4 nitrogen and oxygen atoms in total. The van der Waals surface area contributed by atoms with Gasteiger partial charge in [-0.2, -0.15) is 0 Å². The normalized spacial score (nSPS) is 11.6. The van der Waals surface area contributed by atoms with E-state index in [0.29, 0.717) is 5.95 Å². The van der Waals surface area contributed by atoms with Crippen molar-refractivity contribution < 1.29 is 0 Å². The molecule has 11 rings (SSSR count). The largest absolute Gasteiger partial charge is 0.309 e. The maximum Gasteiger partial charge on any atom is 0.235 e. The van der Waals surface area contributed by atoms with Crippen LogP contribution in [0.1, 0.15) is 0 Å². The van der Waals surface area contributed by atoms with Gasteiger partial charge in [0, 0.05) is 38.4 Å². The number of hydrogen-bond acceptors (Lipinski definition) is 2. The number of nitrogens with zero attached hydrogens (tertiary/aromatic N) is 4. The molecule has 0 fully saturated rings. The van der Waals surface area contributed by atoms with Gasteiger partial charge in [-0.3, -0.25) is 4.57 Å². The minimum atomic E-state index is 0.633. The smallest absolute Gasteiger partial charge is 0.235 e. The van der Waals surface area contributed by atoms with Crippen LogP contribution < -0.4 is 0 Å². The summed E-state index contributed by atoms with van der Waals surface area (Å²) in [7, 11) is 0. The van der Waals surface area contributed by atoms with Gasteiger partial charge in [0.1, 0.15) is 0 Å². The summed E-state index contributed by atoms with van der Waals surface area (Å²) in [5.41, 5.74) is 14.1. The Kier molecular flexibility index (Phi) is 7.46. The quantitative estimate of drug-likeness (QED) is 0.172. The van der Waals surface area contributed by atoms with Gasteiger partial charge < -0.3 is 4.57 Å². The van der Waals surface area contributed by atoms with Crippen molar-refractivity contribution in [1.29, 1.82) is 0 Å². The van der Waals surface area contributed by atoms with Crippen molar-refractivity contribution in [3.8, 4) is 56.4 Å². The number of aromatic nitrogens is 4. The van der Waals surface area contributed by atoms with Crippen LogP contribution in [0.2, 0.25) is 0 Å². The first-order chi connectivity index (χ1) is 27.8. The number of hydrogen-bond donors (Lipinski definition) is 0. The molecule has 262 valence electrons. The molecule has 0 saturated heterocycles. The van der Waals surface area contributed by atoms with E-state index in [1.54, 1.807) is 0 Å². The van der Waals surface area contributed by atoms with Crippen LogP contribution >= 0.6 is 0 Å². The SMILES string of the molecule is c1ccc(-c2cc(-c3ccccc3-c3ccccc3)nc(-n3c4ccccc4c4ccc(-c5ccc6c(c5)c5ccccc5n6-c5ccccc5)cc43)n2)cc1. The van der Waals surface area contributed by atoms with Gasteiger partial charge in [-0.1, -0.05) is 158 Å². The molecule has 4 heteroatoms. The maximum atomic E-state index is 5.42. The topological polar surface area (TPSA) is 35.6 Å². The second-order valence-electron chi connectivity index (χ2n) is 14.2. The van der Waals surface area contributed by atoms with E-state index in [-0.39, 0.29) is 0 Å². The summed E-state index contributed by atoms with van der Waals surface area (Å²) in [6.07, 6.45) is 0. The molecule has 8 aromatic carbocycles. The summed E-state index contributed by atoms with van der Waals surface area (Å²) in [5, 5.41) is 4.78. The number of rotatable bonds is 6. The lowest BCUT2D eigenvalue weighted by molar-refractivity contribution is 0.996. The molecule has 0 N–H and O–H groups in total. The summed E-state index contributed by atoms with van der Waals surface area (Å²) in [5.74, 6) is 0.633. The zero-order valence-electron chi connectivity index (χ0n) is 30.4. The molecule has 0 radical (unpaired) electrons. The van der Waals surface area contributed by atoms with Crippen molar-refractivity contribution in [2.24, 2.45) is 0 Å². The van der Waals surface area contributed by atoms with Gasteiger partial charge in [0.2, 0.25) is 5.95 Å². The van der Waals surface area contributed by atoms with Crippen LogP contribution in [0.15, 0.2) is 206 Å². The zero-order valence-corrected chi connectivity index (χ0v) is 30.4. The number of para-hydroxylation sites is 3. The van der Waals surface area contributed by atoms with Crippen molar-refractivity contribution in [2.45, 2.75) is 0 Å². The van der Waals surface area contributed by atoms with Crippen molar-refractivity contribution in [1.82, 2.24) is 19.1 Å². The number of benzene rings is 8. The summed E-state index contributed by atoms with van der Waals surface area (Å²) in [4.78, 5) is 10.7. The summed E-state index contributed by atoms with van der Waals surface area (Å²) < 4.78 is 4.61. The molecule has 0 aliphatic carbocycles. The third-order valence-electron chi connectivity index (χ3n) is 11.0. The second kappa shape index (κ2) is 13.1. The highest BCUT2D eigenvalue weighted by atomic mass is 15.2. The Morgan fingerprint density at radius 3 is 1.55 bits per heavy atom. The van der Waals surface area contributed by atoms with Gasteiger partial charge in [-0.25, -0.2) is 9.97 Å². The Morgan fingerprint density at radius 2 is 0.804 bits per heavy atom. The molecule has 3 heterocycles. The first-order valence-corrected chi connectivity index (χ1v) is 19.0. The molecule has 0 unspecified atom stereocenters. The van der Waals surface area contributed by atoms with Crippen LogP contribution in [0.25, 0.3) is 100 Å². The average molecular weight is 715 g/mol. The van der Waals surface area contributed by atoms with E-state index in [2.05, 4.69) is 209 Å². The van der Waals surface area contributed by atoms with E-state index < -0.39 is 0 Å². The van der Waals surface area contributed by atoms with Gasteiger partial charge >= 0.3 is 0 Å². The molecular weight excluding hydrogens is 681 g/mol. The lowest BCUT2D eigenvalue weighted by atomic mass is 9.97. The molecule has 3 aromatic heterocycles. The van der Waals surface area contributed by atoms with E-state index in [4.69, 9.17) is 9.97 Å². The highest BCUT2D eigenvalue weighted by Gasteiger charge is 2.20. The third kappa shape index (κ3) is 5.23. The first-order valence-electron chi connectivity index (χ1n) is 19.0. The first kappa shape index (κ1) is 31.9. The van der Waals surface area contributed by atoms with Gasteiger partial charge in [0.15, 0.2) is 0 Å². The van der Waals surface area contributed by atoms with Crippen molar-refractivity contribution in [3.63, 3.8) is 0 Å². The molecule has 0 bridgehead atoms. The lowest BCUT2D eigenvalue weighted by Gasteiger charge is -2.14. The van der Waals surface area contributed by atoms with Gasteiger partial charge in [-0.15, -0.1) is 0 Å². The Bertz CT molecular complexity index is 3230. The van der Waals surface area contributed by atoms with Crippen LogP contribution in [0, 0.1) is 0 Å². The summed E-state index contributed by atoms with van der Waals surface area (Å²) >= 11 is 0. The summed E-state index contributed by atoms with van der Waals surface area (Å²) in [6.45, 7) is 0. The molecule has 0 saturated carbocycles. The van der Waals surface area contributed by atoms with Crippen LogP contribution in [0.3, 0.4) is 0 Å². The van der Waals surface area contributed by atoms with E-state index >= 15 is 0 Å². The minimum Gasteiger partial charge on any atom is -0.309 e. The van der Waals surface area contributed by atoms with Gasteiger partial charge in [0.25, 0.3) is 0 Å². The predicted octanol–water partition coefficient (Wildman–Crippen LogP) is 13.3. The highest BCUT2D eigenvalue weighted by molar-refractivity contribution is 6.12. The monoisotopic (exact) mass is 714 g/mol. The van der Waals surface area contributed by atoms with Crippen molar-refractivity contribution in [2.75, 3.05) is 0 Å². The van der Waals surface area contributed by atoms with E-state index in [1.165, 1.54) is 21.8 Å². The van der Waals surface area contributed by atoms with E-state index in [1.807, 2.05) is 6.07 Å². The van der Waals surface area contributed by atoms with Crippen LogP contribution in [0.5, 0.6) is 0 Å². The van der Waals surface area contributed by atoms with Crippen LogP contribution in [-0.4, -0.2) is 19.1 Å². The second-order valence-corrected chi connectivity index (χ2v) is 14.2. The lowest BCUT2D eigenvalue weighted by Crippen LogP contribution is -2.04. The Labute approximate surface area is 324 Å². The molecule has 0 atom stereocenters. The van der Waals surface area contributed by atoms with Gasteiger partial charge in [-0.05, 0) is 70.8 Å². The predicted molar refractivity (Wildman–Crippen MR) is 232 cm³/mol. The Balaban J connectivity index is 1.14. The standard InChI is InChI=1S/C52H34N4/c1-4-16-35(17-5-1)40-22-10-11-23-41(40)47-34-46(36-18-6-2-7-19-36)53-52(54-47)56-49-27-15-12-24-42(49)44-30-28-38(33-51(44)56)37-29-31-50-45(32-37)43-25-13-14-26-48(43)55(50)39-20-8-3-9-21-39/h1-34H. The zero-order chi connectivity index (χ0) is 37.0. The average Bonchev–Trinajstić information content (AvgIpc) is 3.79. The van der Waals surface area contributed by atoms with Crippen molar-refractivity contribution in [3.05, 3.63) is 206 Å². The molecule has 0 spiro atoms. The van der Waals surface area contributed by atoms with Crippen molar-refractivity contribution >= 4 is 43.6 Å². The highest BCUT2D eigenvalue weighted by Crippen LogP contribution is 2.39. The fourth-order valence-corrected chi connectivity index (χ4v) is 8.38. The van der Waals surface area contributed by atoms with E-state index in [9.17, 15) is 0 Å². The Hall–Kier alpha value is -7.56. The maximum absolute atomic E-state index is 5.42. The van der Waals surface area contributed by atoms with E-state index in [0.717, 1.165) is 72.3 Å². The molecule has 0 amide bonds. The minimum absolute atomic E-state index is 0.633. The molecule has 56 heavy (non-hydrogen) atoms. The molecular formula is C52H34N4.